The van der Waals surface area contributed by atoms with Crippen LogP contribution in [-0.4, -0.2) is 18.6 Å². The Morgan fingerprint density at radius 2 is 2.06 bits per heavy atom. The molecule has 0 aromatic heterocycles. The van der Waals surface area contributed by atoms with Crippen molar-refractivity contribution in [2.75, 3.05) is 13.1 Å². The van der Waals surface area contributed by atoms with Crippen LogP contribution in [0.15, 0.2) is 24.3 Å². The van der Waals surface area contributed by atoms with Gasteiger partial charge in [0.05, 0.1) is 0 Å². The van der Waals surface area contributed by atoms with Crippen molar-refractivity contribution in [1.82, 2.24) is 10.6 Å². The number of hydrogen-bond donors (Lipinski definition) is 2. The molecule has 1 unspecified atom stereocenters. The number of nitrogens with one attached hydrogen (secondary N) is 2. The van der Waals surface area contributed by atoms with Crippen LogP contribution in [0, 0.1) is 0 Å². The zero-order valence-corrected chi connectivity index (χ0v) is 11.3. The Bertz CT molecular complexity index is 407. The van der Waals surface area contributed by atoms with Gasteiger partial charge in [-0.05, 0) is 43.9 Å². The van der Waals surface area contributed by atoms with Crippen LogP contribution in [0.5, 0.6) is 0 Å². The van der Waals surface area contributed by atoms with Crippen molar-refractivity contribution in [3.63, 3.8) is 0 Å². The molecule has 98 valence electrons. The maximum absolute atomic E-state index is 3.81. The van der Waals surface area contributed by atoms with Crippen molar-refractivity contribution >= 4 is 0 Å². The molecule has 2 heteroatoms. The highest BCUT2D eigenvalue weighted by Gasteiger charge is 2.29. The number of benzene rings is 1. The summed E-state index contributed by atoms with van der Waals surface area (Å²) in [6, 6.07) is 9.38. The minimum absolute atomic E-state index is 0.383. The second-order valence-electron chi connectivity index (χ2n) is 6.10. The highest BCUT2D eigenvalue weighted by molar-refractivity contribution is 5.32. The standard InChI is InChI=1S/C16H24N2/c1-16(9-4-5-10-16)18-12-15-14-7-3-2-6-13(14)8-11-17-15/h2-3,6-7,15,17-18H,4-5,8-12H2,1H3. The van der Waals surface area contributed by atoms with E-state index in [9.17, 15) is 0 Å². The molecule has 0 radical (unpaired) electrons. The Morgan fingerprint density at radius 3 is 2.89 bits per heavy atom. The Kier molecular flexibility index (Phi) is 3.40. The first-order chi connectivity index (χ1) is 8.77. The predicted octanol–water partition coefficient (Wildman–Crippen LogP) is 2.80. The highest BCUT2D eigenvalue weighted by atomic mass is 15.0. The molecular weight excluding hydrogens is 220 g/mol. The van der Waals surface area contributed by atoms with Crippen LogP contribution >= 0.6 is 0 Å². The Labute approximate surface area is 110 Å². The number of fused-ring (bicyclic) bond motifs is 1. The van der Waals surface area contributed by atoms with Gasteiger partial charge in [0.1, 0.15) is 0 Å². The van der Waals surface area contributed by atoms with Gasteiger partial charge in [0, 0.05) is 18.1 Å². The van der Waals surface area contributed by atoms with E-state index in [1.54, 1.807) is 0 Å². The third-order valence-electron chi connectivity index (χ3n) is 4.66. The quantitative estimate of drug-likeness (QED) is 0.854. The summed E-state index contributed by atoms with van der Waals surface area (Å²) in [5, 5.41) is 7.46. The Balaban J connectivity index is 1.67. The molecule has 3 rings (SSSR count). The largest absolute Gasteiger partial charge is 0.310 e. The number of hydrogen-bond acceptors (Lipinski definition) is 2. The molecule has 2 aliphatic rings. The molecule has 1 heterocycles. The predicted molar refractivity (Wildman–Crippen MR) is 75.8 cm³/mol. The van der Waals surface area contributed by atoms with E-state index < -0.39 is 0 Å². The first-order valence-corrected chi connectivity index (χ1v) is 7.33. The SMILES string of the molecule is CC1(NCC2NCCc3ccccc32)CCCC1. The third kappa shape index (κ3) is 2.45. The maximum Gasteiger partial charge on any atom is 0.0449 e. The molecule has 0 spiro atoms. The van der Waals surface area contributed by atoms with E-state index in [1.807, 2.05) is 0 Å². The third-order valence-corrected chi connectivity index (χ3v) is 4.66. The van der Waals surface area contributed by atoms with Gasteiger partial charge in [-0.15, -0.1) is 0 Å². The van der Waals surface area contributed by atoms with Crippen molar-refractivity contribution in [3.05, 3.63) is 35.4 Å². The van der Waals surface area contributed by atoms with Gasteiger partial charge in [-0.2, -0.15) is 0 Å². The second-order valence-corrected chi connectivity index (χ2v) is 6.10. The van der Waals surface area contributed by atoms with Gasteiger partial charge in [-0.25, -0.2) is 0 Å². The van der Waals surface area contributed by atoms with E-state index >= 15 is 0 Å². The van der Waals surface area contributed by atoms with Gasteiger partial charge in [-0.3, -0.25) is 0 Å². The molecule has 1 saturated carbocycles. The van der Waals surface area contributed by atoms with Crippen LogP contribution in [0.2, 0.25) is 0 Å². The van der Waals surface area contributed by atoms with Crippen molar-refractivity contribution < 1.29 is 0 Å². The van der Waals surface area contributed by atoms with E-state index in [-0.39, 0.29) is 0 Å². The monoisotopic (exact) mass is 244 g/mol. The van der Waals surface area contributed by atoms with E-state index in [1.165, 1.54) is 43.2 Å². The average molecular weight is 244 g/mol. The van der Waals surface area contributed by atoms with Crippen LogP contribution < -0.4 is 10.6 Å². The lowest BCUT2D eigenvalue weighted by atomic mass is 9.93. The normalized spacial score (nSPS) is 25.9. The molecule has 18 heavy (non-hydrogen) atoms. The summed E-state index contributed by atoms with van der Waals surface area (Å²) in [6.45, 7) is 4.56. The van der Waals surface area contributed by atoms with E-state index in [0.29, 0.717) is 11.6 Å². The summed E-state index contributed by atoms with van der Waals surface area (Å²) in [5.74, 6) is 0. The Hall–Kier alpha value is -0.860. The topological polar surface area (TPSA) is 24.1 Å². The fourth-order valence-electron chi connectivity index (χ4n) is 3.46. The first-order valence-electron chi connectivity index (χ1n) is 7.33. The van der Waals surface area contributed by atoms with Gasteiger partial charge in [0.2, 0.25) is 0 Å². The Morgan fingerprint density at radius 1 is 1.28 bits per heavy atom. The highest BCUT2D eigenvalue weighted by Crippen LogP contribution is 2.30. The van der Waals surface area contributed by atoms with Gasteiger partial charge in [0.15, 0.2) is 0 Å². The summed E-state index contributed by atoms with van der Waals surface area (Å²) in [5.41, 5.74) is 3.41. The molecule has 1 fully saturated rings. The smallest absolute Gasteiger partial charge is 0.0449 e. The van der Waals surface area contributed by atoms with E-state index in [4.69, 9.17) is 0 Å². The van der Waals surface area contributed by atoms with Crippen LogP contribution in [0.1, 0.15) is 49.8 Å². The molecule has 0 bridgehead atoms. The van der Waals surface area contributed by atoms with Crippen molar-refractivity contribution in [1.29, 1.82) is 0 Å². The molecule has 0 amide bonds. The van der Waals surface area contributed by atoms with E-state index in [0.717, 1.165) is 13.1 Å². The molecule has 1 aromatic carbocycles. The second kappa shape index (κ2) is 5.02. The lowest BCUT2D eigenvalue weighted by Crippen LogP contribution is -2.45. The van der Waals surface area contributed by atoms with Crippen molar-refractivity contribution in [3.8, 4) is 0 Å². The average Bonchev–Trinajstić information content (AvgIpc) is 2.84. The lowest BCUT2D eigenvalue weighted by Gasteiger charge is -2.32. The summed E-state index contributed by atoms with van der Waals surface area (Å²) < 4.78 is 0. The summed E-state index contributed by atoms with van der Waals surface area (Å²) >= 11 is 0. The van der Waals surface area contributed by atoms with Crippen LogP contribution in [0.4, 0.5) is 0 Å². The fraction of sp³-hybridized carbons (Fsp3) is 0.625. The zero-order chi connectivity index (χ0) is 12.4. The van der Waals surface area contributed by atoms with Gasteiger partial charge >= 0.3 is 0 Å². The van der Waals surface area contributed by atoms with Crippen LogP contribution in [-0.2, 0) is 6.42 Å². The van der Waals surface area contributed by atoms with Crippen molar-refractivity contribution in [2.24, 2.45) is 0 Å². The summed E-state index contributed by atoms with van der Waals surface area (Å²) in [4.78, 5) is 0. The van der Waals surface area contributed by atoms with Crippen molar-refractivity contribution in [2.45, 2.75) is 50.6 Å². The minimum Gasteiger partial charge on any atom is -0.310 e. The molecule has 2 N–H and O–H groups in total. The molecule has 2 nitrogen and oxygen atoms in total. The zero-order valence-electron chi connectivity index (χ0n) is 11.3. The lowest BCUT2D eigenvalue weighted by molar-refractivity contribution is 0.334. The van der Waals surface area contributed by atoms with Crippen LogP contribution in [0.25, 0.3) is 0 Å². The molecule has 1 aromatic rings. The van der Waals surface area contributed by atoms with E-state index in [2.05, 4.69) is 41.8 Å². The van der Waals surface area contributed by atoms with Gasteiger partial charge < -0.3 is 10.6 Å². The number of rotatable bonds is 3. The van der Waals surface area contributed by atoms with Gasteiger partial charge in [-0.1, -0.05) is 37.1 Å². The molecule has 0 saturated heterocycles. The summed E-state index contributed by atoms with van der Waals surface area (Å²) in [6.07, 6.45) is 6.61. The van der Waals surface area contributed by atoms with Gasteiger partial charge in [0.25, 0.3) is 0 Å². The molecular formula is C16H24N2. The fourth-order valence-corrected chi connectivity index (χ4v) is 3.46. The first kappa shape index (κ1) is 12.2. The minimum atomic E-state index is 0.383. The summed E-state index contributed by atoms with van der Waals surface area (Å²) in [7, 11) is 0. The molecule has 1 atom stereocenters. The molecule has 1 aliphatic heterocycles. The molecule has 1 aliphatic carbocycles. The van der Waals surface area contributed by atoms with Crippen LogP contribution in [0.3, 0.4) is 0 Å². The maximum atomic E-state index is 3.81.